The van der Waals surface area contributed by atoms with Crippen molar-refractivity contribution in [1.29, 1.82) is 0 Å². The van der Waals surface area contributed by atoms with Crippen molar-refractivity contribution in [1.82, 2.24) is 10.3 Å². The van der Waals surface area contributed by atoms with Crippen LogP contribution >= 0.6 is 11.3 Å². The van der Waals surface area contributed by atoms with Gasteiger partial charge in [-0.05, 0) is 19.9 Å². The van der Waals surface area contributed by atoms with E-state index in [2.05, 4.69) is 27.8 Å². The molecular formula is C16H18N2OS. The molecule has 0 saturated heterocycles. The van der Waals surface area contributed by atoms with Crippen LogP contribution in [0.15, 0.2) is 34.1 Å². The Balaban J connectivity index is 1.61. The Morgan fingerprint density at radius 3 is 2.90 bits per heavy atom. The first kappa shape index (κ1) is 13.3. The summed E-state index contributed by atoms with van der Waals surface area (Å²) < 4.78 is 5.77. The summed E-state index contributed by atoms with van der Waals surface area (Å²) in [5, 5.41) is 7.96. The van der Waals surface area contributed by atoms with E-state index in [-0.39, 0.29) is 0 Å². The molecule has 0 unspecified atom stereocenters. The first-order valence-electron chi connectivity index (χ1n) is 6.83. The van der Waals surface area contributed by atoms with Crippen LogP contribution in [0.5, 0.6) is 0 Å². The second-order valence-electron chi connectivity index (χ2n) is 4.92. The topological polar surface area (TPSA) is 38.1 Å². The van der Waals surface area contributed by atoms with Crippen molar-refractivity contribution >= 4 is 22.3 Å². The van der Waals surface area contributed by atoms with Crippen molar-refractivity contribution < 1.29 is 4.42 Å². The number of aromatic nitrogens is 1. The Kier molecular flexibility index (Phi) is 3.85. The molecule has 0 saturated carbocycles. The number of thiazole rings is 1. The van der Waals surface area contributed by atoms with Crippen LogP contribution in [0.2, 0.25) is 0 Å². The number of nitrogens with one attached hydrogen (secondary N) is 1. The first-order valence-corrected chi connectivity index (χ1v) is 7.71. The van der Waals surface area contributed by atoms with Gasteiger partial charge in [0.25, 0.3) is 0 Å². The zero-order valence-electron chi connectivity index (χ0n) is 11.8. The van der Waals surface area contributed by atoms with E-state index in [9.17, 15) is 0 Å². The molecule has 0 bridgehead atoms. The zero-order chi connectivity index (χ0) is 13.9. The Morgan fingerprint density at radius 1 is 1.25 bits per heavy atom. The standard InChI is InChI=1S/C16H18N2OS/c1-11-15(14-5-3-4-6-16(14)19-11)9-17-8-7-13-10-20-12(2)18-13/h3-6,10,17H,7-9H2,1-2H3. The smallest absolute Gasteiger partial charge is 0.134 e. The van der Waals surface area contributed by atoms with Crippen LogP contribution in [0.1, 0.15) is 22.0 Å². The summed E-state index contributed by atoms with van der Waals surface area (Å²) in [6.07, 6.45) is 0.971. The fourth-order valence-electron chi connectivity index (χ4n) is 2.39. The highest BCUT2D eigenvalue weighted by molar-refractivity contribution is 7.09. The summed E-state index contributed by atoms with van der Waals surface area (Å²) in [5.74, 6) is 1.00. The largest absolute Gasteiger partial charge is 0.461 e. The van der Waals surface area contributed by atoms with E-state index in [0.717, 1.165) is 35.9 Å². The van der Waals surface area contributed by atoms with E-state index in [4.69, 9.17) is 4.42 Å². The summed E-state index contributed by atoms with van der Waals surface area (Å²) in [4.78, 5) is 4.47. The molecule has 0 aliphatic heterocycles. The van der Waals surface area contributed by atoms with Crippen molar-refractivity contribution in [2.24, 2.45) is 0 Å². The first-order chi connectivity index (χ1) is 9.74. The van der Waals surface area contributed by atoms with Crippen molar-refractivity contribution in [2.75, 3.05) is 6.54 Å². The molecule has 4 heteroatoms. The monoisotopic (exact) mass is 286 g/mol. The van der Waals surface area contributed by atoms with Crippen LogP contribution in [-0.4, -0.2) is 11.5 Å². The van der Waals surface area contributed by atoms with Gasteiger partial charge in [0.1, 0.15) is 11.3 Å². The number of benzene rings is 1. The summed E-state index contributed by atoms with van der Waals surface area (Å²) >= 11 is 1.71. The lowest BCUT2D eigenvalue weighted by Crippen LogP contribution is -2.17. The molecule has 2 aromatic heterocycles. The maximum Gasteiger partial charge on any atom is 0.134 e. The minimum atomic E-state index is 0.839. The van der Waals surface area contributed by atoms with E-state index < -0.39 is 0 Å². The van der Waals surface area contributed by atoms with Crippen LogP contribution in [-0.2, 0) is 13.0 Å². The number of aryl methyl sites for hydroxylation is 2. The van der Waals surface area contributed by atoms with Crippen molar-refractivity contribution in [3.63, 3.8) is 0 Å². The third-order valence-corrected chi connectivity index (χ3v) is 4.25. The molecule has 0 spiro atoms. The highest BCUT2D eigenvalue weighted by Crippen LogP contribution is 2.24. The summed E-state index contributed by atoms with van der Waals surface area (Å²) in [6, 6.07) is 8.20. The lowest BCUT2D eigenvalue weighted by atomic mass is 10.1. The molecule has 3 rings (SSSR count). The minimum Gasteiger partial charge on any atom is -0.461 e. The second-order valence-corrected chi connectivity index (χ2v) is 5.98. The SMILES string of the molecule is Cc1nc(CCNCc2c(C)oc3ccccc23)cs1. The number of rotatable bonds is 5. The van der Waals surface area contributed by atoms with Crippen molar-refractivity contribution in [2.45, 2.75) is 26.8 Å². The summed E-state index contributed by atoms with van der Waals surface area (Å²) in [6.45, 7) is 5.84. The van der Waals surface area contributed by atoms with Crippen LogP contribution < -0.4 is 5.32 Å². The molecule has 2 heterocycles. The van der Waals surface area contributed by atoms with Gasteiger partial charge in [-0.3, -0.25) is 0 Å². The number of furan rings is 1. The van der Waals surface area contributed by atoms with Crippen LogP contribution in [0.3, 0.4) is 0 Å². The molecule has 0 aliphatic carbocycles. The van der Waals surface area contributed by atoms with Crippen LogP contribution in [0.4, 0.5) is 0 Å². The predicted molar refractivity (Wildman–Crippen MR) is 83.2 cm³/mol. The fraction of sp³-hybridized carbons (Fsp3) is 0.312. The van der Waals surface area contributed by atoms with E-state index in [1.165, 1.54) is 16.6 Å². The van der Waals surface area contributed by atoms with Gasteiger partial charge in [-0.15, -0.1) is 11.3 Å². The quantitative estimate of drug-likeness (QED) is 0.724. The van der Waals surface area contributed by atoms with Crippen LogP contribution in [0.25, 0.3) is 11.0 Å². The molecule has 3 aromatic rings. The number of hydrogen-bond acceptors (Lipinski definition) is 4. The average molecular weight is 286 g/mol. The predicted octanol–water partition coefficient (Wildman–Crippen LogP) is 3.84. The van der Waals surface area contributed by atoms with Crippen molar-refractivity contribution in [3.8, 4) is 0 Å². The van der Waals surface area contributed by atoms with Crippen molar-refractivity contribution in [3.05, 3.63) is 51.7 Å². The number of nitrogens with zero attached hydrogens (tertiary/aromatic N) is 1. The molecule has 0 amide bonds. The number of para-hydroxylation sites is 1. The lowest BCUT2D eigenvalue weighted by Gasteiger charge is -2.03. The van der Waals surface area contributed by atoms with Crippen LogP contribution in [0, 0.1) is 13.8 Å². The molecule has 1 N–H and O–H groups in total. The molecule has 3 nitrogen and oxygen atoms in total. The molecule has 20 heavy (non-hydrogen) atoms. The van der Waals surface area contributed by atoms with Gasteiger partial charge in [-0.2, -0.15) is 0 Å². The van der Waals surface area contributed by atoms with Gasteiger partial charge in [-0.1, -0.05) is 18.2 Å². The van der Waals surface area contributed by atoms with Gasteiger partial charge in [0.15, 0.2) is 0 Å². The molecule has 0 radical (unpaired) electrons. The van der Waals surface area contributed by atoms with E-state index >= 15 is 0 Å². The van der Waals surface area contributed by atoms with Gasteiger partial charge in [-0.25, -0.2) is 4.98 Å². The van der Waals surface area contributed by atoms with Gasteiger partial charge < -0.3 is 9.73 Å². The fourth-order valence-corrected chi connectivity index (χ4v) is 3.04. The molecule has 1 aromatic carbocycles. The van der Waals surface area contributed by atoms with Gasteiger partial charge >= 0.3 is 0 Å². The highest BCUT2D eigenvalue weighted by Gasteiger charge is 2.09. The molecule has 0 aliphatic rings. The third kappa shape index (κ3) is 2.76. The number of fused-ring (bicyclic) bond motifs is 1. The Labute approximate surface area is 122 Å². The van der Waals surface area contributed by atoms with Gasteiger partial charge in [0.05, 0.1) is 10.7 Å². The second kappa shape index (κ2) is 5.77. The molecule has 0 fully saturated rings. The molecular weight excluding hydrogens is 268 g/mol. The number of hydrogen-bond donors (Lipinski definition) is 1. The third-order valence-electron chi connectivity index (χ3n) is 3.43. The van der Waals surface area contributed by atoms with Gasteiger partial charge in [0, 0.05) is 35.8 Å². The van der Waals surface area contributed by atoms with E-state index in [1.807, 2.05) is 26.0 Å². The molecule has 0 atom stereocenters. The highest BCUT2D eigenvalue weighted by atomic mass is 32.1. The van der Waals surface area contributed by atoms with E-state index in [0.29, 0.717) is 0 Å². The Bertz CT molecular complexity index is 714. The summed E-state index contributed by atoms with van der Waals surface area (Å²) in [5.41, 5.74) is 3.40. The Hall–Kier alpha value is -1.65. The minimum absolute atomic E-state index is 0.839. The average Bonchev–Trinajstić information content (AvgIpc) is 2.98. The Morgan fingerprint density at radius 2 is 2.10 bits per heavy atom. The van der Waals surface area contributed by atoms with Gasteiger partial charge in [0.2, 0.25) is 0 Å². The summed E-state index contributed by atoms with van der Waals surface area (Å²) in [7, 11) is 0. The normalized spacial score (nSPS) is 11.3. The lowest BCUT2D eigenvalue weighted by molar-refractivity contribution is 0.565. The zero-order valence-corrected chi connectivity index (χ0v) is 12.6. The molecule has 104 valence electrons. The van der Waals surface area contributed by atoms with E-state index in [1.54, 1.807) is 11.3 Å². The maximum atomic E-state index is 5.77. The maximum absolute atomic E-state index is 5.77.